The Balaban J connectivity index is 1.58. The molecule has 0 spiro atoms. The van der Waals surface area contributed by atoms with Gasteiger partial charge in [0.05, 0.1) is 0 Å². The molecule has 0 aromatic carbocycles. The molecule has 0 aromatic rings. The molecule has 0 aromatic heterocycles. The Kier molecular flexibility index (Phi) is 5.27. The molecule has 2 saturated carbocycles. The standard InChI is InChI=1S/C19H36N2/c1-14(2)17-11-19(20-18-7-5-4-6-8-18)13-21(12-17)15(3)16-9-10-16/h14-20H,4-13H2,1-3H3. The fourth-order valence-electron chi connectivity index (χ4n) is 4.59. The number of hydrogen-bond donors (Lipinski definition) is 1. The Hall–Kier alpha value is -0.0800. The molecule has 2 heteroatoms. The maximum Gasteiger partial charge on any atom is 0.0200 e. The van der Waals surface area contributed by atoms with Gasteiger partial charge in [0.25, 0.3) is 0 Å². The Morgan fingerprint density at radius 3 is 2.14 bits per heavy atom. The number of nitrogens with one attached hydrogen (secondary N) is 1. The van der Waals surface area contributed by atoms with E-state index in [4.69, 9.17) is 0 Å². The van der Waals surface area contributed by atoms with Crippen LogP contribution in [0, 0.1) is 17.8 Å². The van der Waals surface area contributed by atoms with Gasteiger partial charge in [-0.3, -0.25) is 4.90 Å². The first kappa shape index (κ1) is 15.8. The van der Waals surface area contributed by atoms with Crippen LogP contribution < -0.4 is 5.32 Å². The van der Waals surface area contributed by atoms with Gasteiger partial charge in [-0.25, -0.2) is 0 Å². The first-order valence-electron chi connectivity index (χ1n) is 9.63. The van der Waals surface area contributed by atoms with Gasteiger partial charge in [0.2, 0.25) is 0 Å². The maximum atomic E-state index is 4.05. The zero-order valence-electron chi connectivity index (χ0n) is 14.5. The third kappa shape index (κ3) is 4.22. The molecule has 1 aliphatic heterocycles. The number of piperidine rings is 1. The van der Waals surface area contributed by atoms with E-state index < -0.39 is 0 Å². The lowest BCUT2D eigenvalue weighted by Gasteiger charge is -2.44. The lowest BCUT2D eigenvalue weighted by Crippen LogP contribution is -2.55. The van der Waals surface area contributed by atoms with Crippen molar-refractivity contribution in [1.82, 2.24) is 10.2 Å². The second-order valence-electron chi connectivity index (χ2n) is 8.47. The van der Waals surface area contributed by atoms with Crippen LogP contribution in [0.4, 0.5) is 0 Å². The van der Waals surface area contributed by atoms with E-state index in [1.807, 2.05) is 0 Å². The van der Waals surface area contributed by atoms with E-state index in [0.717, 1.165) is 35.9 Å². The van der Waals surface area contributed by atoms with Crippen molar-refractivity contribution in [2.45, 2.75) is 90.3 Å². The average molecular weight is 293 g/mol. The fraction of sp³-hybridized carbons (Fsp3) is 1.00. The van der Waals surface area contributed by atoms with Gasteiger partial charge in [-0.15, -0.1) is 0 Å². The van der Waals surface area contributed by atoms with Crippen LogP contribution in [-0.4, -0.2) is 36.1 Å². The van der Waals surface area contributed by atoms with Crippen LogP contribution in [-0.2, 0) is 0 Å². The molecule has 3 atom stereocenters. The molecule has 3 rings (SSSR count). The van der Waals surface area contributed by atoms with Crippen LogP contribution in [0.5, 0.6) is 0 Å². The van der Waals surface area contributed by atoms with Crippen molar-refractivity contribution in [3.05, 3.63) is 0 Å². The van der Waals surface area contributed by atoms with Crippen molar-refractivity contribution in [3.63, 3.8) is 0 Å². The van der Waals surface area contributed by atoms with Crippen molar-refractivity contribution in [2.75, 3.05) is 13.1 Å². The summed E-state index contributed by atoms with van der Waals surface area (Å²) in [6.45, 7) is 9.98. The van der Waals surface area contributed by atoms with E-state index >= 15 is 0 Å². The summed E-state index contributed by atoms with van der Waals surface area (Å²) in [6.07, 6.45) is 11.5. The summed E-state index contributed by atoms with van der Waals surface area (Å²) < 4.78 is 0. The molecule has 21 heavy (non-hydrogen) atoms. The molecular weight excluding hydrogens is 256 g/mol. The van der Waals surface area contributed by atoms with Crippen LogP contribution in [0.3, 0.4) is 0 Å². The van der Waals surface area contributed by atoms with Gasteiger partial charge in [0.15, 0.2) is 0 Å². The second-order valence-corrected chi connectivity index (χ2v) is 8.47. The van der Waals surface area contributed by atoms with Gasteiger partial charge in [-0.1, -0.05) is 33.1 Å². The highest BCUT2D eigenvalue weighted by Gasteiger charge is 2.37. The molecule has 2 nitrogen and oxygen atoms in total. The maximum absolute atomic E-state index is 4.05. The monoisotopic (exact) mass is 292 g/mol. The molecule has 1 saturated heterocycles. The summed E-state index contributed by atoms with van der Waals surface area (Å²) in [4.78, 5) is 2.83. The summed E-state index contributed by atoms with van der Waals surface area (Å²) in [5.74, 6) is 2.72. The Morgan fingerprint density at radius 1 is 0.810 bits per heavy atom. The second kappa shape index (κ2) is 7.00. The largest absolute Gasteiger partial charge is 0.310 e. The third-order valence-corrected chi connectivity index (χ3v) is 6.41. The molecule has 1 heterocycles. The van der Waals surface area contributed by atoms with Crippen LogP contribution in [0.2, 0.25) is 0 Å². The molecule has 122 valence electrons. The van der Waals surface area contributed by atoms with Gasteiger partial charge >= 0.3 is 0 Å². The number of rotatable bonds is 5. The minimum atomic E-state index is 0.746. The van der Waals surface area contributed by atoms with E-state index in [0.29, 0.717) is 0 Å². The molecule has 2 aliphatic carbocycles. The fourth-order valence-corrected chi connectivity index (χ4v) is 4.59. The minimum Gasteiger partial charge on any atom is -0.310 e. The molecule has 0 bridgehead atoms. The normalized spacial score (nSPS) is 34.3. The van der Waals surface area contributed by atoms with Crippen molar-refractivity contribution in [3.8, 4) is 0 Å². The van der Waals surface area contributed by atoms with Crippen LogP contribution in [0.1, 0.15) is 72.1 Å². The molecular formula is C19H36N2. The Bertz CT molecular complexity index is 318. The van der Waals surface area contributed by atoms with E-state index in [1.165, 1.54) is 64.5 Å². The topological polar surface area (TPSA) is 15.3 Å². The van der Waals surface area contributed by atoms with Gasteiger partial charge in [0, 0.05) is 31.2 Å². The highest BCUT2D eigenvalue weighted by molar-refractivity contribution is 4.93. The predicted molar refractivity (Wildman–Crippen MR) is 90.5 cm³/mol. The first-order chi connectivity index (χ1) is 10.1. The van der Waals surface area contributed by atoms with Crippen molar-refractivity contribution in [1.29, 1.82) is 0 Å². The molecule has 1 N–H and O–H groups in total. The van der Waals surface area contributed by atoms with E-state index in [2.05, 4.69) is 31.0 Å². The molecule has 0 amide bonds. The number of likely N-dealkylation sites (tertiary alicyclic amines) is 1. The zero-order chi connectivity index (χ0) is 14.8. The quantitative estimate of drug-likeness (QED) is 0.822. The van der Waals surface area contributed by atoms with E-state index in [9.17, 15) is 0 Å². The average Bonchev–Trinajstić information content (AvgIpc) is 3.32. The van der Waals surface area contributed by atoms with Gasteiger partial charge in [-0.2, -0.15) is 0 Å². The Morgan fingerprint density at radius 2 is 1.52 bits per heavy atom. The molecule has 3 fully saturated rings. The van der Waals surface area contributed by atoms with Crippen LogP contribution in [0.15, 0.2) is 0 Å². The smallest absolute Gasteiger partial charge is 0.0200 e. The van der Waals surface area contributed by atoms with Gasteiger partial charge in [0.1, 0.15) is 0 Å². The molecule has 3 unspecified atom stereocenters. The SMILES string of the molecule is CC(C)C1CC(NC2CCCCC2)CN(C(C)C2CC2)C1. The van der Waals surface area contributed by atoms with Crippen molar-refractivity contribution < 1.29 is 0 Å². The molecule has 0 radical (unpaired) electrons. The number of nitrogens with zero attached hydrogens (tertiary/aromatic N) is 1. The predicted octanol–water partition coefficient (Wildman–Crippen LogP) is 4.05. The first-order valence-corrected chi connectivity index (χ1v) is 9.63. The van der Waals surface area contributed by atoms with Crippen LogP contribution in [0.25, 0.3) is 0 Å². The summed E-state index contributed by atoms with van der Waals surface area (Å²) in [5.41, 5.74) is 0. The van der Waals surface area contributed by atoms with E-state index in [-0.39, 0.29) is 0 Å². The lowest BCUT2D eigenvalue weighted by molar-refractivity contribution is 0.0703. The van der Waals surface area contributed by atoms with Crippen LogP contribution >= 0.6 is 0 Å². The highest BCUT2D eigenvalue weighted by atomic mass is 15.2. The highest BCUT2D eigenvalue weighted by Crippen LogP contribution is 2.37. The lowest BCUT2D eigenvalue weighted by atomic mass is 9.84. The minimum absolute atomic E-state index is 0.746. The molecule has 3 aliphatic rings. The van der Waals surface area contributed by atoms with Crippen molar-refractivity contribution in [2.24, 2.45) is 17.8 Å². The number of hydrogen-bond acceptors (Lipinski definition) is 2. The Labute approximate surface area is 132 Å². The van der Waals surface area contributed by atoms with Gasteiger partial charge in [-0.05, 0) is 56.8 Å². The summed E-state index contributed by atoms with van der Waals surface area (Å²) in [5, 5.41) is 4.05. The van der Waals surface area contributed by atoms with E-state index in [1.54, 1.807) is 0 Å². The zero-order valence-corrected chi connectivity index (χ0v) is 14.5. The van der Waals surface area contributed by atoms with Gasteiger partial charge < -0.3 is 5.32 Å². The summed E-state index contributed by atoms with van der Waals surface area (Å²) in [7, 11) is 0. The van der Waals surface area contributed by atoms with Crippen molar-refractivity contribution >= 4 is 0 Å². The summed E-state index contributed by atoms with van der Waals surface area (Å²) >= 11 is 0. The third-order valence-electron chi connectivity index (χ3n) is 6.41. The summed E-state index contributed by atoms with van der Waals surface area (Å²) in [6, 6.07) is 2.38.